The molecule has 0 saturated carbocycles. The van der Waals surface area contributed by atoms with Crippen molar-refractivity contribution < 1.29 is 0 Å². The van der Waals surface area contributed by atoms with Crippen molar-refractivity contribution in [2.45, 2.75) is 13.8 Å². The second-order valence-electron chi connectivity index (χ2n) is 3.70. The second kappa shape index (κ2) is 4.56. The maximum atomic E-state index is 4.10. The van der Waals surface area contributed by atoms with Crippen LogP contribution in [0.2, 0.25) is 0 Å². The molecule has 76 valence electrons. The molecule has 1 nitrogen and oxygen atoms in total. The van der Waals surface area contributed by atoms with Gasteiger partial charge in [-0.2, -0.15) is 12.6 Å². The summed E-state index contributed by atoms with van der Waals surface area (Å²) in [5, 5.41) is 1.78. The Morgan fingerprint density at radius 1 is 1.14 bits per heavy atom. The third-order valence-electron chi connectivity index (χ3n) is 2.34. The lowest BCUT2D eigenvalue weighted by Crippen LogP contribution is -2.09. The molecule has 0 aliphatic heterocycles. The van der Waals surface area contributed by atoms with Gasteiger partial charge in [0.2, 0.25) is 0 Å². The molecule has 0 aliphatic carbocycles. The number of hydrogen-bond donors (Lipinski definition) is 1. The predicted octanol–water partition coefficient (Wildman–Crippen LogP) is 3.27. The largest absolute Gasteiger partial charge is 0.378 e. The number of rotatable bonds is 2. The lowest BCUT2D eigenvalue weighted by atomic mass is 10.0. The Kier molecular flexibility index (Phi) is 3.64. The summed E-state index contributed by atoms with van der Waals surface area (Å²) in [4.78, 5) is 2.12. The van der Waals surface area contributed by atoms with Gasteiger partial charge in [-0.15, -0.1) is 0 Å². The van der Waals surface area contributed by atoms with Crippen molar-refractivity contribution in [3.05, 3.63) is 34.2 Å². The summed E-state index contributed by atoms with van der Waals surface area (Å²) in [6.45, 7) is 4.26. The molecule has 0 aliphatic rings. The zero-order valence-corrected chi connectivity index (χ0v) is 10.1. The van der Waals surface area contributed by atoms with Gasteiger partial charge in [0.25, 0.3) is 0 Å². The standard InChI is InChI=1S/C12H17NS/c1-9-7-11(13(3)4)8-10(2)12(9)5-6-14/h5-8,14H,1-4H3/b6-5+. The summed E-state index contributed by atoms with van der Waals surface area (Å²) in [6.07, 6.45) is 2.03. The fraction of sp³-hybridized carbons (Fsp3) is 0.333. The van der Waals surface area contributed by atoms with Crippen LogP contribution in [0.1, 0.15) is 16.7 Å². The Morgan fingerprint density at radius 3 is 2.00 bits per heavy atom. The summed E-state index contributed by atoms with van der Waals surface area (Å²) in [5.41, 5.74) is 5.10. The number of hydrogen-bond acceptors (Lipinski definition) is 2. The van der Waals surface area contributed by atoms with Gasteiger partial charge in [0.15, 0.2) is 0 Å². The van der Waals surface area contributed by atoms with Crippen LogP contribution in [-0.4, -0.2) is 14.1 Å². The van der Waals surface area contributed by atoms with Crippen LogP contribution >= 0.6 is 12.6 Å². The normalized spacial score (nSPS) is 10.9. The molecular formula is C12H17NS. The van der Waals surface area contributed by atoms with Crippen LogP contribution in [-0.2, 0) is 0 Å². The molecule has 1 rings (SSSR count). The van der Waals surface area contributed by atoms with Gasteiger partial charge in [-0.25, -0.2) is 0 Å². The molecule has 0 saturated heterocycles. The first kappa shape index (κ1) is 11.2. The van der Waals surface area contributed by atoms with E-state index in [9.17, 15) is 0 Å². The van der Waals surface area contributed by atoms with Crippen LogP contribution in [0.15, 0.2) is 17.5 Å². The number of nitrogens with zero attached hydrogens (tertiary/aromatic N) is 1. The molecule has 0 radical (unpaired) electrons. The molecule has 0 unspecified atom stereocenters. The van der Waals surface area contributed by atoms with Crippen LogP contribution in [0.25, 0.3) is 6.08 Å². The highest BCUT2D eigenvalue weighted by Crippen LogP contribution is 2.22. The first-order valence-electron chi connectivity index (χ1n) is 4.65. The smallest absolute Gasteiger partial charge is 0.0366 e. The van der Waals surface area contributed by atoms with E-state index in [-0.39, 0.29) is 0 Å². The van der Waals surface area contributed by atoms with Crippen LogP contribution < -0.4 is 4.90 Å². The topological polar surface area (TPSA) is 3.24 Å². The van der Waals surface area contributed by atoms with Gasteiger partial charge >= 0.3 is 0 Å². The van der Waals surface area contributed by atoms with E-state index >= 15 is 0 Å². The molecule has 0 bridgehead atoms. The number of aryl methyl sites for hydroxylation is 2. The SMILES string of the molecule is Cc1cc(N(C)C)cc(C)c1/C=C/S. The lowest BCUT2D eigenvalue weighted by Gasteiger charge is -2.16. The summed E-state index contributed by atoms with van der Waals surface area (Å²) in [6, 6.07) is 4.38. The van der Waals surface area contributed by atoms with Gasteiger partial charge in [-0.1, -0.05) is 0 Å². The van der Waals surface area contributed by atoms with Gasteiger partial charge < -0.3 is 4.90 Å². The molecule has 0 spiro atoms. The quantitative estimate of drug-likeness (QED) is 0.728. The molecule has 14 heavy (non-hydrogen) atoms. The molecule has 1 aromatic carbocycles. The average Bonchev–Trinajstić information content (AvgIpc) is 2.10. The molecule has 0 aromatic heterocycles. The maximum absolute atomic E-state index is 4.10. The first-order valence-corrected chi connectivity index (χ1v) is 5.17. The molecule has 1 aromatic rings. The minimum Gasteiger partial charge on any atom is -0.378 e. The van der Waals surface area contributed by atoms with Gasteiger partial charge in [0.1, 0.15) is 0 Å². The van der Waals surface area contributed by atoms with E-state index in [1.807, 2.05) is 6.08 Å². The fourth-order valence-electron chi connectivity index (χ4n) is 1.55. The van der Waals surface area contributed by atoms with Gasteiger partial charge in [-0.05, 0) is 54.2 Å². The van der Waals surface area contributed by atoms with E-state index < -0.39 is 0 Å². The molecular weight excluding hydrogens is 190 g/mol. The van der Waals surface area contributed by atoms with Crippen molar-refractivity contribution in [3.63, 3.8) is 0 Å². The summed E-state index contributed by atoms with van der Waals surface area (Å²) in [7, 11) is 4.12. The highest BCUT2D eigenvalue weighted by Gasteiger charge is 2.03. The van der Waals surface area contributed by atoms with Crippen molar-refractivity contribution in [1.29, 1.82) is 0 Å². The second-order valence-corrected chi connectivity index (χ2v) is 4.00. The Bertz CT molecular complexity index is 330. The van der Waals surface area contributed by atoms with Crippen molar-refractivity contribution in [3.8, 4) is 0 Å². The number of anilines is 1. The Balaban J connectivity index is 3.25. The zero-order valence-electron chi connectivity index (χ0n) is 9.20. The third-order valence-corrected chi connectivity index (χ3v) is 2.49. The summed E-state index contributed by atoms with van der Waals surface area (Å²) >= 11 is 4.10. The molecule has 0 fully saturated rings. The van der Waals surface area contributed by atoms with E-state index in [1.165, 1.54) is 22.4 Å². The van der Waals surface area contributed by atoms with Crippen LogP contribution in [0.5, 0.6) is 0 Å². The van der Waals surface area contributed by atoms with E-state index in [4.69, 9.17) is 0 Å². The lowest BCUT2D eigenvalue weighted by molar-refractivity contribution is 1.12. The molecule has 0 N–H and O–H groups in total. The van der Waals surface area contributed by atoms with Gasteiger partial charge in [-0.3, -0.25) is 0 Å². The highest BCUT2D eigenvalue weighted by atomic mass is 32.1. The minimum atomic E-state index is 1.25. The van der Waals surface area contributed by atoms with Crippen LogP contribution in [0, 0.1) is 13.8 Å². The van der Waals surface area contributed by atoms with E-state index in [0.29, 0.717) is 0 Å². The molecule has 2 heteroatoms. The zero-order chi connectivity index (χ0) is 10.7. The van der Waals surface area contributed by atoms with Crippen molar-refractivity contribution in [2.24, 2.45) is 0 Å². The van der Waals surface area contributed by atoms with Crippen LogP contribution in [0.3, 0.4) is 0 Å². The summed E-state index contributed by atoms with van der Waals surface area (Å²) in [5.74, 6) is 0. The molecule has 0 amide bonds. The van der Waals surface area contributed by atoms with E-state index in [2.05, 4.69) is 57.6 Å². The highest BCUT2D eigenvalue weighted by molar-refractivity contribution is 7.83. The first-order chi connectivity index (χ1) is 6.56. The number of thiol groups is 1. The van der Waals surface area contributed by atoms with Gasteiger partial charge in [0.05, 0.1) is 0 Å². The Labute approximate surface area is 91.8 Å². The Morgan fingerprint density at radius 2 is 1.64 bits per heavy atom. The minimum absolute atomic E-state index is 1.25. The van der Waals surface area contributed by atoms with Crippen molar-refractivity contribution in [2.75, 3.05) is 19.0 Å². The fourth-order valence-corrected chi connectivity index (χ4v) is 1.70. The van der Waals surface area contributed by atoms with Crippen molar-refractivity contribution >= 4 is 24.4 Å². The predicted molar refractivity (Wildman–Crippen MR) is 68.3 cm³/mol. The summed E-state index contributed by atoms with van der Waals surface area (Å²) < 4.78 is 0. The average molecular weight is 207 g/mol. The van der Waals surface area contributed by atoms with Gasteiger partial charge in [0, 0.05) is 19.8 Å². The molecule has 0 heterocycles. The monoisotopic (exact) mass is 207 g/mol. The Hall–Kier alpha value is -0.890. The molecule has 0 atom stereocenters. The van der Waals surface area contributed by atoms with Crippen molar-refractivity contribution in [1.82, 2.24) is 0 Å². The number of benzene rings is 1. The third kappa shape index (κ3) is 2.32. The maximum Gasteiger partial charge on any atom is 0.0366 e. The van der Waals surface area contributed by atoms with E-state index in [1.54, 1.807) is 5.41 Å². The van der Waals surface area contributed by atoms with E-state index in [0.717, 1.165) is 0 Å². The van der Waals surface area contributed by atoms with Crippen LogP contribution in [0.4, 0.5) is 5.69 Å².